The standard InChI is InChI=1S/C21H28O8/c1-6-9-29-14-8-7-12(10-15(14)26-3)16-17(19(23)27-4)13(22)11-21(2,25)18(16)20(24)28-5/h7-8,10,16-18,25H,6,9,11H2,1-5H3/t16-,17+,18+,21-/m1/s1. The van der Waals surface area contributed by atoms with E-state index >= 15 is 0 Å². The molecule has 0 aliphatic heterocycles. The van der Waals surface area contributed by atoms with Crippen molar-refractivity contribution in [2.45, 2.75) is 38.2 Å². The monoisotopic (exact) mass is 408 g/mol. The molecule has 1 saturated carbocycles. The average molecular weight is 408 g/mol. The molecule has 29 heavy (non-hydrogen) atoms. The van der Waals surface area contributed by atoms with Crippen LogP contribution >= 0.6 is 0 Å². The summed E-state index contributed by atoms with van der Waals surface area (Å²) in [4.78, 5) is 37.8. The summed E-state index contributed by atoms with van der Waals surface area (Å²) in [5.41, 5.74) is -1.23. The van der Waals surface area contributed by atoms with Gasteiger partial charge >= 0.3 is 11.9 Å². The number of rotatable bonds is 7. The van der Waals surface area contributed by atoms with E-state index in [1.54, 1.807) is 18.2 Å². The molecule has 1 aliphatic carbocycles. The van der Waals surface area contributed by atoms with E-state index in [9.17, 15) is 19.5 Å². The molecule has 0 spiro atoms. The van der Waals surface area contributed by atoms with Crippen molar-refractivity contribution >= 4 is 17.7 Å². The van der Waals surface area contributed by atoms with Crippen molar-refractivity contribution in [1.29, 1.82) is 0 Å². The Bertz CT molecular complexity index is 770. The summed E-state index contributed by atoms with van der Waals surface area (Å²) < 4.78 is 20.8. The zero-order valence-corrected chi connectivity index (χ0v) is 17.4. The maximum absolute atomic E-state index is 12.7. The lowest BCUT2D eigenvalue weighted by Crippen LogP contribution is -2.55. The molecule has 1 aromatic carbocycles. The van der Waals surface area contributed by atoms with Crippen LogP contribution in [0.2, 0.25) is 0 Å². The first-order valence-electron chi connectivity index (χ1n) is 9.43. The van der Waals surface area contributed by atoms with Crippen LogP contribution in [0.25, 0.3) is 0 Å². The van der Waals surface area contributed by atoms with Crippen molar-refractivity contribution in [3.05, 3.63) is 23.8 Å². The fraction of sp³-hybridized carbons (Fsp3) is 0.571. The first kappa shape index (κ1) is 22.7. The summed E-state index contributed by atoms with van der Waals surface area (Å²) in [6.45, 7) is 3.85. The van der Waals surface area contributed by atoms with Gasteiger partial charge in [0.15, 0.2) is 17.3 Å². The molecule has 1 aliphatic rings. The zero-order chi connectivity index (χ0) is 21.8. The summed E-state index contributed by atoms with van der Waals surface area (Å²) in [5, 5.41) is 10.9. The summed E-state index contributed by atoms with van der Waals surface area (Å²) in [7, 11) is 3.84. The second-order valence-electron chi connectivity index (χ2n) is 7.29. The van der Waals surface area contributed by atoms with Gasteiger partial charge < -0.3 is 24.1 Å². The molecule has 0 saturated heterocycles. The topological polar surface area (TPSA) is 108 Å². The van der Waals surface area contributed by atoms with Gasteiger partial charge in [0.05, 0.1) is 39.5 Å². The highest BCUT2D eigenvalue weighted by Crippen LogP contribution is 2.48. The van der Waals surface area contributed by atoms with Crippen molar-refractivity contribution in [2.75, 3.05) is 27.9 Å². The quantitative estimate of drug-likeness (QED) is 0.538. The molecule has 0 radical (unpaired) electrons. The lowest BCUT2D eigenvalue weighted by atomic mass is 9.61. The molecule has 4 atom stereocenters. The Morgan fingerprint density at radius 3 is 2.34 bits per heavy atom. The molecule has 160 valence electrons. The highest BCUT2D eigenvalue weighted by atomic mass is 16.5. The fourth-order valence-electron chi connectivity index (χ4n) is 3.89. The number of hydrogen-bond acceptors (Lipinski definition) is 8. The third kappa shape index (κ3) is 4.53. The van der Waals surface area contributed by atoms with Crippen LogP contribution in [0.1, 0.15) is 38.2 Å². The highest BCUT2D eigenvalue weighted by Gasteiger charge is 2.57. The smallest absolute Gasteiger partial charge is 0.316 e. The second-order valence-corrected chi connectivity index (χ2v) is 7.29. The number of esters is 2. The predicted molar refractivity (Wildman–Crippen MR) is 103 cm³/mol. The van der Waals surface area contributed by atoms with Gasteiger partial charge in [0.2, 0.25) is 0 Å². The second kappa shape index (κ2) is 9.26. The molecule has 1 aromatic rings. The van der Waals surface area contributed by atoms with E-state index in [0.29, 0.717) is 23.7 Å². The lowest BCUT2D eigenvalue weighted by molar-refractivity contribution is -0.170. The molecular formula is C21H28O8. The van der Waals surface area contributed by atoms with Gasteiger partial charge in [0, 0.05) is 12.3 Å². The van der Waals surface area contributed by atoms with Crippen LogP contribution in [-0.2, 0) is 23.9 Å². The van der Waals surface area contributed by atoms with Gasteiger partial charge in [-0.25, -0.2) is 0 Å². The normalized spacial score (nSPS) is 26.6. The maximum Gasteiger partial charge on any atom is 0.316 e. The number of carbonyl (C=O) groups is 3. The number of methoxy groups -OCH3 is 3. The number of aliphatic hydroxyl groups is 1. The average Bonchev–Trinajstić information content (AvgIpc) is 2.69. The van der Waals surface area contributed by atoms with Crippen LogP contribution in [0.15, 0.2) is 18.2 Å². The van der Waals surface area contributed by atoms with Gasteiger partial charge in [-0.2, -0.15) is 0 Å². The molecule has 8 heteroatoms. The van der Waals surface area contributed by atoms with Crippen molar-refractivity contribution < 1.29 is 38.4 Å². The first-order valence-corrected chi connectivity index (χ1v) is 9.43. The van der Waals surface area contributed by atoms with E-state index in [4.69, 9.17) is 18.9 Å². The number of Topliss-reactive ketones (excluding diaryl/α,β-unsaturated/α-hetero) is 1. The summed E-state index contributed by atoms with van der Waals surface area (Å²) in [5.74, 6) is -4.49. The Morgan fingerprint density at radius 2 is 1.79 bits per heavy atom. The van der Waals surface area contributed by atoms with Crippen molar-refractivity contribution in [1.82, 2.24) is 0 Å². The van der Waals surface area contributed by atoms with Gasteiger partial charge in [0.25, 0.3) is 0 Å². The highest BCUT2D eigenvalue weighted by molar-refractivity contribution is 6.02. The van der Waals surface area contributed by atoms with Crippen LogP contribution < -0.4 is 9.47 Å². The summed E-state index contributed by atoms with van der Waals surface area (Å²) in [6, 6.07) is 4.91. The molecule has 0 bridgehead atoms. The third-order valence-electron chi connectivity index (χ3n) is 5.21. The molecule has 8 nitrogen and oxygen atoms in total. The first-order chi connectivity index (χ1) is 13.7. The SMILES string of the molecule is CCCOc1ccc([C@@H]2[C@@H](C(=O)OC)C(=O)C[C@@](C)(O)[C@@H]2C(=O)OC)cc1OC. The number of hydrogen-bond donors (Lipinski definition) is 1. The van der Waals surface area contributed by atoms with Gasteiger partial charge in [0.1, 0.15) is 5.92 Å². The minimum Gasteiger partial charge on any atom is -0.493 e. The largest absolute Gasteiger partial charge is 0.493 e. The number of ether oxygens (including phenoxy) is 4. The van der Waals surface area contributed by atoms with Gasteiger partial charge in [-0.05, 0) is 31.0 Å². The molecule has 0 unspecified atom stereocenters. The molecule has 2 rings (SSSR count). The van der Waals surface area contributed by atoms with Crippen LogP contribution in [0.4, 0.5) is 0 Å². The van der Waals surface area contributed by atoms with Crippen LogP contribution in [0.5, 0.6) is 11.5 Å². The van der Waals surface area contributed by atoms with E-state index in [1.165, 1.54) is 28.3 Å². The Kier molecular flexibility index (Phi) is 7.24. The minimum atomic E-state index is -1.69. The van der Waals surface area contributed by atoms with Gasteiger partial charge in [-0.1, -0.05) is 13.0 Å². The molecule has 0 aromatic heterocycles. The fourth-order valence-corrected chi connectivity index (χ4v) is 3.89. The van der Waals surface area contributed by atoms with Crippen molar-refractivity contribution in [2.24, 2.45) is 11.8 Å². The predicted octanol–water partition coefficient (Wildman–Crippen LogP) is 1.87. The molecular weight excluding hydrogens is 380 g/mol. The zero-order valence-electron chi connectivity index (χ0n) is 17.4. The number of carbonyl (C=O) groups excluding carboxylic acids is 3. The Labute approximate surface area is 170 Å². The number of benzene rings is 1. The van der Waals surface area contributed by atoms with Crippen LogP contribution in [-0.4, -0.2) is 56.4 Å². The number of ketones is 1. The van der Waals surface area contributed by atoms with Crippen LogP contribution in [0.3, 0.4) is 0 Å². The molecule has 0 amide bonds. The maximum atomic E-state index is 12.7. The van der Waals surface area contributed by atoms with Gasteiger partial charge in [-0.3, -0.25) is 14.4 Å². The van der Waals surface area contributed by atoms with Crippen molar-refractivity contribution in [3.8, 4) is 11.5 Å². The van der Waals surface area contributed by atoms with E-state index in [2.05, 4.69) is 0 Å². The van der Waals surface area contributed by atoms with Gasteiger partial charge in [-0.15, -0.1) is 0 Å². The van der Waals surface area contributed by atoms with E-state index in [1.807, 2.05) is 6.92 Å². The summed E-state index contributed by atoms with van der Waals surface area (Å²) in [6.07, 6.45) is 0.442. The molecule has 1 N–H and O–H groups in total. The Balaban J connectivity index is 2.63. The van der Waals surface area contributed by atoms with E-state index in [-0.39, 0.29) is 6.42 Å². The molecule has 1 fully saturated rings. The molecule has 0 heterocycles. The van der Waals surface area contributed by atoms with E-state index in [0.717, 1.165) is 6.42 Å². The minimum absolute atomic E-state index is 0.363. The Morgan fingerprint density at radius 1 is 1.14 bits per heavy atom. The van der Waals surface area contributed by atoms with Crippen molar-refractivity contribution in [3.63, 3.8) is 0 Å². The lowest BCUT2D eigenvalue weighted by Gasteiger charge is -2.43. The van der Waals surface area contributed by atoms with Crippen LogP contribution in [0, 0.1) is 11.8 Å². The third-order valence-corrected chi connectivity index (χ3v) is 5.21. The summed E-state index contributed by atoms with van der Waals surface area (Å²) >= 11 is 0. The Hall–Kier alpha value is -2.61. The van der Waals surface area contributed by atoms with E-state index < -0.39 is 41.1 Å².